The molecule has 1 aromatic rings. The number of halogens is 1. The maximum absolute atomic E-state index is 12.6. The van der Waals surface area contributed by atoms with Gasteiger partial charge in [-0.2, -0.15) is 4.31 Å². The molecule has 1 aliphatic rings. The molecular formula is C14H21BrN2O3S. The second kappa shape index (κ2) is 7.19. The number of hydrogen-bond donors (Lipinski definition) is 1. The zero-order chi connectivity index (χ0) is 15.5. The fourth-order valence-corrected chi connectivity index (χ4v) is 4.01. The minimum atomic E-state index is -3.54. The molecule has 0 aliphatic heterocycles. The molecule has 0 atom stereocenters. The van der Waals surface area contributed by atoms with E-state index in [9.17, 15) is 8.42 Å². The Kier molecular flexibility index (Phi) is 5.79. The van der Waals surface area contributed by atoms with Gasteiger partial charge in [-0.25, -0.2) is 8.42 Å². The number of nitrogens with zero attached hydrogens (tertiary/aromatic N) is 1. The van der Waals surface area contributed by atoms with E-state index in [-0.39, 0.29) is 4.90 Å². The number of ether oxygens (including phenoxy) is 1. The summed E-state index contributed by atoms with van der Waals surface area (Å²) in [5.74, 6) is 0.683. The summed E-state index contributed by atoms with van der Waals surface area (Å²) >= 11 is 3.30. The average molecular weight is 377 g/mol. The standard InChI is InChI=1S/C14H21BrN2O3S/c1-17(6-7-20-10-11-2-3-11)21(18,19)14-8-12(9-16)4-5-13(14)15/h4-5,8,11H,2-3,6-7,9-10,16H2,1H3. The molecule has 0 saturated heterocycles. The largest absolute Gasteiger partial charge is 0.380 e. The van der Waals surface area contributed by atoms with Gasteiger partial charge in [0.2, 0.25) is 10.0 Å². The molecule has 2 rings (SSSR count). The van der Waals surface area contributed by atoms with E-state index in [4.69, 9.17) is 10.5 Å². The highest BCUT2D eigenvalue weighted by Gasteiger charge is 2.24. The van der Waals surface area contributed by atoms with Gasteiger partial charge in [-0.1, -0.05) is 6.07 Å². The third-order valence-electron chi connectivity index (χ3n) is 3.52. The van der Waals surface area contributed by atoms with Crippen LogP contribution >= 0.6 is 15.9 Å². The second-order valence-corrected chi connectivity index (χ2v) is 8.18. The van der Waals surface area contributed by atoms with Crippen LogP contribution in [0.2, 0.25) is 0 Å². The minimum Gasteiger partial charge on any atom is -0.380 e. The Morgan fingerprint density at radius 2 is 2.14 bits per heavy atom. The lowest BCUT2D eigenvalue weighted by Crippen LogP contribution is -2.30. The van der Waals surface area contributed by atoms with E-state index >= 15 is 0 Å². The molecule has 0 spiro atoms. The van der Waals surface area contributed by atoms with Crippen LogP contribution in [0.5, 0.6) is 0 Å². The molecule has 1 fully saturated rings. The first-order valence-corrected chi connectivity index (χ1v) is 9.21. The fourth-order valence-electron chi connectivity index (χ4n) is 1.89. The van der Waals surface area contributed by atoms with Gasteiger partial charge in [-0.3, -0.25) is 0 Å². The Bertz CT molecular complexity index is 588. The van der Waals surface area contributed by atoms with E-state index in [0.717, 1.165) is 12.2 Å². The lowest BCUT2D eigenvalue weighted by Gasteiger charge is -2.18. The molecule has 0 bridgehead atoms. The van der Waals surface area contributed by atoms with Crippen LogP contribution in [0.25, 0.3) is 0 Å². The summed E-state index contributed by atoms with van der Waals surface area (Å²) in [5.41, 5.74) is 6.36. The van der Waals surface area contributed by atoms with Crippen molar-refractivity contribution in [3.8, 4) is 0 Å². The zero-order valence-corrected chi connectivity index (χ0v) is 14.5. The third-order valence-corrected chi connectivity index (χ3v) is 6.37. The van der Waals surface area contributed by atoms with Crippen LogP contribution in [0, 0.1) is 5.92 Å². The van der Waals surface area contributed by atoms with Gasteiger partial charge in [-0.15, -0.1) is 0 Å². The summed E-state index contributed by atoms with van der Waals surface area (Å²) in [7, 11) is -1.97. The number of nitrogens with two attached hydrogens (primary N) is 1. The van der Waals surface area contributed by atoms with Gasteiger partial charge in [0.1, 0.15) is 0 Å². The van der Waals surface area contributed by atoms with Crippen molar-refractivity contribution < 1.29 is 13.2 Å². The van der Waals surface area contributed by atoms with Gasteiger partial charge < -0.3 is 10.5 Å². The van der Waals surface area contributed by atoms with Gasteiger partial charge in [-0.05, 0) is 52.4 Å². The lowest BCUT2D eigenvalue weighted by molar-refractivity contribution is 0.117. The molecule has 0 aromatic heterocycles. The van der Waals surface area contributed by atoms with Crippen LogP contribution in [-0.4, -0.2) is 39.5 Å². The van der Waals surface area contributed by atoms with Crippen molar-refractivity contribution in [3.05, 3.63) is 28.2 Å². The molecule has 7 heteroatoms. The highest BCUT2D eigenvalue weighted by Crippen LogP contribution is 2.29. The van der Waals surface area contributed by atoms with E-state index < -0.39 is 10.0 Å². The average Bonchev–Trinajstić information content (AvgIpc) is 3.27. The first-order valence-electron chi connectivity index (χ1n) is 6.97. The van der Waals surface area contributed by atoms with Crippen LogP contribution in [-0.2, 0) is 21.3 Å². The number of benzene rings is 1. The number of likely N-dealkylation sites (N-methyl/N-ethyl adjacent to an activating group) is 1. The second-order valence-electron chi connectivity index (χ2n) is 5.31. The summed E-state index contributed by atoms with van der Waals surface area (Å²) < 4.78 is 32.5. The monoisotopic (exact) mass is 376 g/mol. The smallest absolute Gasteiger partial charge is 0.244 e. The molecule has 0 radical (unpaired) electrons. The maximum atomic E-state index is 12.6. The lowest BCUT2D eigenvalue weighted by atomic mass is 10.2. The van der Waals surface area contributed by atoms with Gasteiger partial charge in [0.25, 0.3) is 0 Å². The van der Waals surface area contributed by atoms with Gasteiger partial charge >= 0.3 is 0 Å². The Morgan fingerprint density at radius 3 is 2.76 bits per heavy atom. The number of hydrogen-bond acceptors (Lipinski definition) is 4. The molecule has 118 valence electrons. The quantitative estimate of drug-likeness (QED) is 0.703. The predicted octanol–water partition coefficient (Wildman–Crippen LogP) is 1.95. The van der Waals surface area contributed by atoms with Gasteiger partial charge in [0, 0.05) is 31.2 Å². The van der Waals surface area contributed by atoms with Crippen molar-refractivity contribution >= 4 is 26.0 Å². The van der Waals surface area contributed by atoms with E-state index in [1.54, 1.807) is 19.2 Å². The van der Waals surface area contributed by atoms with Crippen molar-refractivity contribution in [1.29, 1.82) is 0 Å². The summed E-state index contributed by atoms with van der Waals surface area (Å²) in [5, 5.41) is 0. The van der Waals surface area contributed by atoms with Crippen molar-refractivity contribution in [2.45, 2.75) is 24.3 Å². The van der Waals surface area contributed by atoms with Crippen molar-refractivity contribution in [2.75, 3.05) is 26.8 Å². The SMILES string of the molecule is CN(CCOCC1CC1)S(=O)(=O)c1cc(CN)ccc1Br. The summed E-state index contributed by atoms with van der Waals surface area (Å²) in [4.78, 5) is 0.246. The number of sulfonamides is 1. The van der Waals surface area contributed by atoms with Crippen molar-refractivity contribution in [2.24, 2.45) is 11.7 Å². The van der Waals surface area contributed by atoms with Crippen molar-refractivity contribution in [1.82, 2.24) is 4.31 Å². The fraction of sp³-hybridized carbons (Fsp3) is 0.571. The van der Waals surface area contributed by atoms with E-state index in [1.165, 1.54) is 17.1 Å². The highest BCUT2D eigenvalue weighted by atomic mass is 79.9. The number of rotatable bonds is 8. The Morgan fingerprint density at radius 1 is 1.43 bits per heavy atom. The molecule has 0 amide bonds. The van der Waals surface area contributed by atoms with Crippen LogP contribution in [0.4, 0.5) is 0 Å². The van der Waals surface area contributed by atoms with Gasteiger partial charge in [0.15, 0.2) is 0 Å². The zero-order valence-electron chi connectivity index (χ0n) is 12.1. The molecule has 1 saturated carbocycles. The molecule has 5 nitrogen and oxygen atoms in total. The van der Waals surface area contributed by atoms with Crippen LogP contribution in [0.1, 0.15) is 18.4 Å². The molecular weight excluding hydrogens is 356 g/mol. The molecule has 1 aliphatic carbocycles. The Balaban J connectivity index is 2.01. The van der Waals surface area contributed by atoms with E-state index in [1.807, 2.05) is 6.07 Å². The predicted molar refractivity (Wildman–Crippen MR) is 85.4 cm³/mol. The molecule has 21 heavy (non-hydrogen) atoms. The van der Waals surface area contributed by atoms with Crippen molar-refractivity contribution in [3.63, 3.8) is 0 Å². The molecule has 1 aromatic carbocycles. The third kappa shape index (κ3) is 4.50. The summed E-state index contributed by atoms with van der Waals surface area (Å²) in [6.45, 7) is 1.80. The topological polar surface area (TPSA) is 72.6 Å². The first-order chi connectivity index (χ1) is 9.95. The van der Waals surface area contributed by atoms with E-state index in [2.05, 4.69) is 15.9 Å². The summed E-state index contributed by atoms with van der Waals surface area (Å²) in [6.07, 6.45) is 2.46. The normalized spacial score (nSPS) is 15.6. The van der Waals surface area contributed by atoms with Crippen LogP contribution < -0.4 is 5.73 Å². The maximum Gasteiger partial charge on any atom is 0.244 e. The minimum absolute atomic E-state index is 0.246. The van der Waals surface area contributed by atoms with Gasteiger partial charge in [0.05, 0.1) is 11.5 Å². The first kappa shape index (κ1) is 16.9. The molecule has 0 unspecified atom stereocenters. The summed E-state index contributed by atoms with van der Waals surface area (Å²) in [6, 6.07) is 5.13. The van der Waals surface area contributed by atoms with E-state index in [0.29, 0.717) is 30.1 Å². The Labute approximate surface area is 134 Å². The molecule has 0 heterocycles. The highest BCUT2D eigenvalue weighted by molar-refractivity contribution is 9.10. The molecule has 2 N–H and O–H groups in total. The van der Waals surface area contributed by atoms with Crippen LogP contribution in [0.15, 0.2) is 27.6 Å². The Hall–Kier alpha value is -0.470. The van der Waals surface area contributed by atoms with Crippen LogP contribution in [0.3, 0.4) is 0 Å².